The molecule has 0 unspecified atom stereocenters. The Labute approximate surface area is 235 Å². The fraction of sp³-hybridized carbons (Fsp3) is 0.600. The zero-order valence-corrected chi connectivity index (χ0v) is 23.3. The van der Waals surface area contributed by atoms with E-state index < -0.39 is 36.0 Å². The van der Waals surface area contributed by atoms with Gasteiger partial charge in [0.25, 0.3) is 0 Å². The Hall–Kier alpha value is -3.24. The molecule has 1 aromatic rings. The largest absolute Gasteiger partial charge is 0.497 e. The normalized spacial score (nSPS) is 24.4. The van der Waals surface area contributed by atoms with Gasteiger partial charge in [0.05, 0.1) is 25.9 Å². The number of benzene rings is 1. The lowest BCUT2D eigenvalue weighted by Crippen LogP contribution is -2.56. The molecule has 0 radical (unpaired) electrons. The summed E-state index contributed by atoms with van der Waals surface area (Å²) in [6.45, 7) is 1.94. The maximum atomic E-state index is 13.6. The van der Waals surface area contributed by atoms with Crippen LogP contribution in [0.5, 0.6) is 5.75 Å². The van der Waals surface area contributed by atoms with E-state index in [1.165, 1.54) is 0 Å². The minimum absolute atomic E-state index is 0.145. The van der Waals surface area contributed by atoms with Crippen molar-refractivity contribution < 1.29 is 33.8 Å². The molecule has 4 N–H and O–H groups in total. The van der Waals surface area contributed by atoms with Gasteiger partial charge in [-0.05, 0) is 75.5 Å². The van der Waals surface area contributed by atoms with Crippen LogP contribution >= 0.6 is 0 Å². The summed E-state index contributed by atoms with van der Waals surface area (Å²) in [6, 6.07) is 4.64. The van der Waals surface area contributed by atoms with E-state index in [1.54, 1.807) is 26.2 Å². The zero-order chi connectivity index (χ0) is 28.6. The van der Waals surface area contributed by atoms with Crippen molar-refractivity contribution >= 4 is 23.5 Å². The average molecular weight is 556 g/mol. The molecule has 3 aliphatic rings. The van der Waals surface area contributed by atoms with Gasteiger partial charge in [-0.3, -0.25) is 19.2 Å². The SMILES string of the molecule is COc1ccc(C[C@H](NC(=O)[C@@H](C)NC(=O)C2CCC(O)CC2)C(=O)N[C@@H](CC2CC=CC2)C(=O)[C@H]2CO2)cc1. The molecule has 10 nitrogen and oxygen atoms in total. The van der Waals surface area contributed by atoms with Crippen LogP contribution in [0.25, 0.3) is 0 Å². The molecule has 1 aliphatic heterocycles. The van der Waals surface area contributed by atoms with Crippen LogP contribution in [0.3, 0.4) is 0 Å². The van der Waals surface area contributed by atoms with Crippen molar-refractivity contribution in [3.05, 3.63) is 42.0 Å². The van der Waals surface area contributed by atoms with E-state index in [-0.39, 0.29) is 36.1 Å². The Morgan fingerprint density at radius 1 is 0.950 bits per heavy atom. The first kappa shape index (κ1) is 29.7. The lowest BCUT2D eigenvalue weighted by atomic mass is 9.87. The quantitative estimate of drug-likeness (QED) is 0.214. The monoisotopic (exact) mass is 555 g/mol. The van der Waals surface area contributed by atoms with Gasteiger partial charge in [-0.1, -0.05) is 24.3 Å². The van der Waals surface area contributed by atoms with Crippen molar-refractivity contribution in [1.29, 1.82) is 0 Å². The topological polar surface area (TPSA) is 146 Å². The maximum Gasteiger partial charge on any atom is 0.243 e. The predicted molar refractivity (Wildman–Crippen MR) is 147 cm³/mol. The number of epoxide rings is 1. The summed E-state index contributed by atoms with van der Waals surface area (Å²) in [6.07, 6.45) is 7.96. The van der Waals surface area contributed by atoms with Crippen molar-refractivity contribution in [2.75, 3.05) is 13.7 Å². The van der Waals surface area contributed by atoms with Crippen LogP contribution < -0.4 is 20.7 Å². The molecule has 1 saturated carbocycles. The predicted octanol–water partition coefficient (Wildman–Crippen LogP) is 1.59. The number of aliphatic hydroxyl groups is 1. The standard InChI is InChI=1S/C30H41N3O7/c1-18(31-29(37)21-9-11-22(34)12-10-21)28(36)33-25(16-20-7-13-23(39-2)14-8-20)30(38)32-24(27(35)26-17-40-26)15-19-5-3-4-6-19/h3-4,7-8,13-14,18-19,21-22,24-26,34H,5-6,9-12,15-17H2,1-2H3,(H,31,37)(H,32,38)(H,33,36)/t18-,21?,22?,24+,25+,26-/m1/s1. The van der Waals surface area contributed by atoms with Gasteiger partial charge < -0.3 is 30.5 Å². The number of methoxy groups -OCH3 is 1. The van der Waals surface area contributed by atoms with Gasteiger partial charge in [-0.15, -0.1) is 0 Å². The second-order valence-corrected chi connectivity index (χ2v) is 11.2. The van der Waals surface area contributed by atoms with E-state index in [1.807, 2.05) is 12.1 Å². The van der Waals surface area contributed by atoms with Crippen LogP contribution in [0.2, 0.25) is 0 Å². The number of ketones is 1. The van der Waals surface area contributed by atoms with Gasteiger partial charge in [0.15, 0.2) is 5.78 Å². The fourth-order valence-electron chi connectivity index (χ4n) is 5.39. The molecule has 1 heterocycles. The highest BCUT2D eigenvalue weighted by Crippen LogP contribution is 2.26. The van der Waals surface area contributed by atoms with Crippen LogP contribution in [0.15, 0.2) is 36.4 Å². The number of ether oxygens (including phenoxy) is 2. The molecular weight excluding hydrogens is 514 g/mol. The molecule has 2 aliphatic carbocycles. The van der Waals surface area contributed by atoms with Crippen LogP contribution in [0.1, 0.15) is 57.4 Å². The first-order valence-corrected chi connectivity index (χ1v) is 14.3. The molecule has 1 aromatic carbocycles. The van der Waals surface area contributed by atoms with Crippen LogP contribution in [0.4, 0.5) is 0 Å². The summed E-state index contributed by atoms with van der Waals surface area (Å²) in [4.78, 5) is 52.5. The van der Waals surface area contributed by atoms with E-state index >= 15 is 0 Å². The molecule has 40 heavy (non-hydrogen) atoms. The Bertz CT molecular complexity index is 1070. The average Bonchev–Trinajstić information content (AvgIpc) is 3.68. The molecule has 10 heteroatoms. The van der Waals surface area contributed by atoms with Crippen molar-refractivity contribution in [3.63, 3.8) is 0 Å². The Kier molecular flexibility index (Phi) is 10.3. The zero-order valence-electron chi connectivity index (χ0n) is 23.3. The molecule has 0 bridgehead atoms. The second kappa shape index (κ2) is 13.9. The van der Waals surface area contributed by atoms with Gasteiger partial charge >= 0.3 is 0 Å². The molecule has 0 spiro atoms. The molecule has 2 fully saturated rings. The van der Waals surface area contributed by atoms with Gasteiger partial charge in [-0.25, -0.2) is 0 Å². The minimum Gasteiger partial charge on any atom is -0.497 e. The summed E-state index contributed by atoms with van der Waals surface area (Å²) in [7, 11) is 1.57. The summed E-state index contributed by atoms with van der Waals surface area (Å²) >= 11 is 0. The molecule has 4 rings (SSSR count). The van der Waals surface area contributed by atoms with Crippen molar-refractivity contribution in [3.8, 4) is 5.75 Å². The number of hydrogen-bond acceptors (Lipinski definition) is 7. The molecule has 3 amide bonds. The molecule has 4 atom stereocenters. The first-order chi connectivity index (χ1) is 19.2. The minimum atomic E-state index is -0.970. The number of allylic oxidation sites excluding steroid dienone is 2. The van der Waals surface area contributed by atoms with Crippen molar-refractivity contribution in [1.82, 2.24) is 16.0 Å². The van der Waals surface area contributed by atoms with E-state index in [0.717, 1.165) is 18.4 Å². The van der Waals surface area contributed by atoms with Gasteiger partial charge in [0.2, 0.25) is 17.7 Å². The Morgan fingerprint density at radius 3 is 2.17 bits per heavy atom. The van der Waals surface area contributed by atoms with Crippen molar-refractivity contribution in [2.24, 2.45) is 11.8 Å². The Morgan fingerprint density at radius 2 is 1.57 bits per heavy atom. The highest BCUT2D eigenvalue weighted by atomic mass is 16.6. The number of Topliss-reactive ketones (excluding diaryl/α,β-unsaturated/α-hetero) is 1. The highest BCUT2D eigenvalue weighted by molar-refractivity contribution is 5.96. The second-order valence-electron chi connectivity index (χ2n) is 11.2. The number of rotatable bonds is 13. The number of nitrogens with one attached hydrogen (secondary N) is 3. The van der Waals surface area contributed by atoms with E-state index in [4.69, 9.17) is 9.47 Å². The number of carbonyl (C=O) groups excluding carboxylic acids is 4. The lowest BCUT2D eigenvalue weighted by molar-refractivity contribution is -0.134. The number of hydrogen-bond donors (Lipinski definition) is 4. The molecule has 1 saturated heterocycles. The third-order valence-corrected chi connectivity index (χ3v) is 8.04. The van der Waals surface area contributed by atoms with Crippen LogP contribution in [0, 0.1) is 11.8 Å². The third-order valence-electron chi connectivity index (χ3n) is 8.04. The van der Waals surface area contributed by atoms with E-state index in [2.05, 4.69) is 28.1 Å². The van der Waals surface area contributed by atoms with E-state index in [0.29, 0.717) is 44.5 Å². The van der Waals surface area contributed by atoms with Crippen LogP contribution in [-0.4, -0.2) is 72.7 Å². The molecule has 218 valence electrons. The fourth-order valence-corrected chi connectivity index (χ4v) is 5.39. The first-order valence-electron chi connectivity index (χ1n) is 14.3. The van der Waals surface area contributed by atoms with Gasteiger partial charge in [0, 0.05) is 12.3 Å². The van der Waals surface area contributed by atoms with E-state index in [9.17, 15) is 24.3 Å². The van der Waals surface area contributed by atoms with Gasteiger partial charge in [-0.2, -0.15) is 0 Å². The summed E-state index contributed by atoms with van der Waals surface area (Å²) in [5.74, 6) is -0.655. The summed E-state index contributed by atoms with van der Waals surface area (Å²) < 4.78 is 10.4. The maximum absolute atomic E-state index is 13.6. The number of carbonyl (C=O) groups is 4. The highest BCUT2D eigenvalue weighted by Gasteiger charge is 2.39. The summed E-state index contributed by atoms with van der Waals surface area (Å²) in [5.41, 5.74) is 0.798. The number of aliphatic hydroxyl groups excluding tert-OH is 1. The summed E-state index contributed by atoms with van der Waals surface area (Å²) in [5, 5.41) is 18.2. The Balaban J connectivity index is 1.43. The van der Waals surface area contributed by atoms with Crippen molar-refractivity contribution in [2.45, 2.75) is 88.6 Å². The molecule has 0 aromatic heterocycles. The van der Waals surface area contributed by atoms with Crippen LogP contribution in [-0.2, 0) is 30.3 Å². The molecular formula is C30H41N3O7. The smallest absolute Gasteiger partial charge is 0.243 e. The number of amides is 3. The van der Waals surface area contributed by atoms with Gasteiger partial charge in [0.1, 0.15) is 23.9 Å². The lowest BCUT2D eigenvalue weighted by Gasteiger charge is -2.27. The third kappa shape index (κ3) is 8.38.